The number of hydrogen-bond donors (Lipinski definition) is 2. The first kappa shape index (κ1) is 13.6. The lowest BCUT2D eigenvalue weighted by molar-refractivity contribution is -0.384. The van der Waals surface area contributed by atoms with Crippen LogP contribution in [0.25, 0.3) is 0 Å². The molecule has 0 saturated heterocycles. The average Bonchev–Trinajstić information content (AvgIpc) is 2.27. The number of carbonyl (C=O) groups is 1. The van der Waals surface area contributed by atoms with Crippen LogP contribution in [0.4, 0.5) is 17.5 Å². The maximum absolute atomic E-state index is 10.7. The van der Waals surface area contributed by atoms with Crippen LogP contribution in [-0.4, -0.2) is 39.1 Å². The molecule has 0 radical (unpaired) electrons. The maximum Gasteiger partial charge on any atom is 0.329 e. The Balaban J connectivity index is 3.02. The van der Waals surface area contributed by atoms with Gasteiger partial charge in [-0.2, -0.15) is 4.98 Å². The van der Waals surface area contributed by atoms with E-state index in [1.54, 1.807) is 0 Å². The van der Waals surface area contributed by atoms with Gasteiger partial charge in [0.05, 0.1) is 4.92 Å². The number of carboxylic acid groups (broad SMARTS) is 1. The van der Waals surface area contributed by atoms with Gasteiger partial charge in [0.1, 0.15) is 12.7 Å². The highest BCUT2D eigenvalue weighted by atomic mass is 16.6. The molecule has 0 aliphatic rings. The number of aliphatic carboxylic acids is 1. The summed E-state index contributed by atoms with van der Waals surface area (Å²) in [6.07, 6.45) is 1.66. The van der Waals surface area contributed by atoms with Crippen molar-refractivity contribution < 1.29 is 14.8 Å². The fourth-order valence-electron chi connectivity index (χ4n) is 1.35. The molecule has 0 unspecified atom stereocenters. The normalized spacial score (nSPS) is 10.1. The van der Waals surface area contributed by atoms with Gasteiger partial charge in [-0.25, -0.2) is 4.98 Å². The van der Waals surface area contributed by atoms with Gasteiger partial charge in [-0.05, 0) is 6.42 Å². The molecule has 0 spiro atoms. The van der Waals surface area contributed by atoms with Crippen molar-refractivity contribution >= 4 is 23.4 Å². The molecule has 1 aromatic rings. The summed E-state index contributed by atoms with van der Waals surface area (Å²) < 4.78 is 0. The third-order valence-corrected chi connectivity index (χ3v) is 2.08. The number of aromatic nitrogens is 2. The number of nitrogens with zero attached hydrogens (tertiary/aromatic N) is 4. The van der Waals surface area contributed by atoms with Crippen molar-refractivity contribution in [2.75, 3.05) is 23.7 Å². The van der Waals surface area contributed by atoms with Gasteiger partial charge in [-0.1, -0.05) is 6.92 Å². The minimum absolute atomic E-state index is 0.0716. The Labute approximate surface area is 102 Å². The fourth-order valence-corrected chi connectivity index (χ4v) is 1.35. The van der Waals surface area contributed by atoms with Crippen LogP contribution in [0, 0.1) is 10.1 Å². The Bertz CT molecular complexity index is 464. The zero-order valence-corrected chi connectivity index (χ0v) is 9.74. The number of nitro groups is 1. The Hall–Kier alpha value is -2.45. The number of nitrogens with two attached hydrogens (primary N) is 1. The molecule has 1 aromatic heterocycles. The van der Waals surface area contributed by atoms with Crippen molar-refractivity contribution in [1.29, 1.82) is 0 Å². The number of hydrogen-bond acceptors (Lipinski definition) is 7. The first-order valence-electron chi connectivity index (χ1n) is 5.19. The van der Waals surface area contributed by atoms with Crippen LogP contribution in [0.3, 0.4) is 0 Å². The minimum atomic E-state index is -1.04. The Kier molecular flexibility index (Phi) is 4.35. The van der Waals surface area contributed by atoms with Crippen molar-refractivity contribution in [2.45, 2.75) is 13.3 Å². The highest BCUT2D eigenvalue weighted by Crippen LogP contribution is 2.20. The first-order valence-corrected chi connectivity index (χ1v) is 5.19. The van der Waals surface area contributed by atoms with Gasteiger partial charge in [0, 0.05) is 6.54 Å². The van der Waals surface area contributed by atoms with Gasteiger partial charge < -0.3 is 15.7 Å². The number of rotatable bonds is 6. The lowest BCUT2D eigenvalue weighted by atomic mass is 10.4. The van der Waals surface area contributed by atoms with E-state index in [1.807, 2.05) is 6.92 Å². The number of nitrogen functional groups attached to an aromatic ring is 1. The van der Waals surface area contributed by atoms with E-state index in [1.165, 1.54) is 4.90 Å². The molecule has 18 heavy (non-hydrogen) atoms. The molecular weight excluding hydrogens is 242 g/mol. The molecular formula is C9H13N5O4. The molecule has 0 aliphatic carbocycles. The summed E-state index contributed by atoms with van der Waals surface area (Å²) in [4.78, 5) is 29.4. The zero-order valence-electron chi connectivity index (χ0n) is 9.74. The van der Waals surface area contributed by atoms with Crippen molar-refractivity contribution in [3.63, 3.8) is 0 Å². The second-order valence-electron chi connectivity index (χ2n) is 3.51. The highest BCUT2D eigenvalue weighted by molar-refractivity contribution is 5.73. The average molecular weight is 255 g/mol. The standard InChI is InChI=1S/C9H13N5O4/c1-2-3-13(5-7(15)16)9-11-4-6(14(17)18)8(10)12-9/h4H,2-3,5H2,1H3,(H,15,16)(H2,10,11,12). The van der Waals surface area contributed by atoms with Crippen molar-refractivity contribution in [3.8, 4) is 0 Å². The topological polar surface area (TPSA) is 135 Å². The molecule has 1 rings (SSSR count). The molecule has 9 heteroatoms. The van der Waals surface area contributed by atoms with Gasteiger partial charge in [-0.15, -0.1) is 0 Å². The summed E-state index contributed by atoms with van der Waals surface area (Å²) in [5.41, 5.74) is 5.02. The molecule has 0 bridgehead atoms. The predicted octanol–water partition coefficient (Wildman–Crippen LogP) is 0.268. The third kappa shape index (κ3) is 3.27. The van der Waals surface area contributed by atoms with E-state index in [0.29, 0.717) is 13.0 Å². The van der Waals surface area contributed by atoms with Crippen molar-refractivity contribution in [2.24, 2.45) is 0 Å². The molecule has 9 nitrogen and oxygen atoms in total. The molecule has 0 fully saturated rings. The monoisotopic (exact) mass is 255 g/mol. The molecule has 0 amide bonds. The van der Waals surface area contributed by atoms with Crippen molar-refractivity contribution in [3.05, 3.63) is 16.3 Å². The molecule has 0 atom stereocenters. The first-order chi connectivity index (χ1) is 8.45. The van der Waals surface area contributed by atoms with E-state index in [0.717, 1.165) is 6.20 Å². The van der Waals surface area contributed by atoms with Crippen LogP contribution >= 0.6 is 0 Å². The highest BCUT2D eigenvalue weighted by Gasteiger charge is 2.18. The summed E-state index contributed by atoms with van der Waals surface area (Å²) in [5, 5.41) is 19.3. The quantitative estimate of drug-likeness (QED) is 0.546. The van der Waals surface area contributed by atoms with E-state index in [9.17, 15) is 14.9 Å². The van der Waals surface area contributed by atoms with Gasteiger partial charge >= 0.3 is 11.7 Å². The van der Waals surface area contributed by atoms with Gasteiger partial charge in [-0.3, -0.25) is 14.9 Å². The van der Waals surface area contributed by atoms with Crippen LogP contribution in [0.15, 0.2) is 6.20 Å². The largest absolute Gasteiger partial charge is 0.480 e. The third-order valence-electron chi connectivity index (χ3n) is 2.08. The predicted molar refractivity (Wildman–Crippen MR) is 63.2 cm³/mol. The molecule has 1 heterocycles. The van der Waals surface area contributed by atoms with Crippen LogP contribution in [0.1, 0.15) is 13.3 Å². The van der Waals surface area contributed by atoms with Crippen LogP contribution in [0.2, 0.25) is 0 Å². The lowest BCUT2D eigenvalue weighted by Crippen LogP contribution is -2.32. The summed E-state index contributed by atoms with van der Waals surface area (Å²) in [6, 6.07) is 0. The van der Waals surface area contributed by atoms with Crippen molar-refractivity contribution in [1.82, 2.24) is 9.97 Å². The summed E-state index contributed by atoms with van der Waals surface area (Å²) >= 11 is 0. The van der Waals surface area contributed by atoms with E-state index < -0.39 is 16.6 Å². The molecule has 98 valence electrons. The summed E-state index contributed by atoms with van der Waals surface area (Å²) in [7, 11) is 0. The number of carboxylic acids is 1. The fraction of sp³-hybridized carbons (Fsp3) is 0.444. The van der Waals surface area contributed by atoms with Crippen LogP contribution < -0.4 is 10.6 Å². The molecule has 0 aromatic carbocycles. The van der Waals surface area contributed by atoms with E-state index in [2.05, 4.69) is 9.97 Å². The minimum Gasteiger partial charge on any atom is -0.480 e. The lowest BCUT2D eigenvalue weighted by Gasteiger charge is -2.19. The Morgan fingerprint density at radius 3 is 2.78 bits per heavy atom. The Morgan fingerprint density at radius 2 is 2.33 bits per heavy atom. The smallest absolute Gasteiger partial charge is 0.329 e. The molecule has 0 saturated carbocycles. The maximum atomic E-state index is 10.7. The van der Waals surface area contributed by atoms with Gasteiger partial charge in [0.25, 0.3) is 0 Å². The molecule has 0 aliphatic heterocycles. The van der Waals surface area contributed by atoms with E-state index in [-0.39, 0.29) is 18.3 Å². The second-order valence-corrected chi connectivity index (χ2v) is 3.51. The second kappa shape index (κ2) is 5.75. The van der Waals surface area contributed by atoms with E-state index >= 15 is 0 Å². The van der Waals surface area contributed by atoms with Gasteiger partial charge in [0.2, 0.25) is 11.8 Å². The van der Waals surface area contributed by atoms with E-state index in [4.69, 9.17) is 10.8 Å². The SMILES string of the molecule is CCCN(CC(=O)O)c1ncc([N+](=O)[O-])c(N)n1. The molecule has 3 N–H and O–H groups in total. The van der Waals surface area contributed by atoms with Crippen LogP contribution in [0.5, 0.6) is 0 Å². The number of anilines is 2. The Morgan fingerprint density at radius 1 is 1.67 bits per heavy atom. The van der Waals surface area contributed by atoms with Crippen LogP contribution in [-0.2, 0) is 4.79 Å². The van der Waals surface area contributed by atoms with Gasteiger partial charge in [0.15, 0.2) is 0 Å². The zero-order chi connectivity index (χ0) is 13.7. The summed E-state index contributed by atoms with van der Waals surface area (Å²) in [6.45, 7) is 2.00. The summed E-state index contributed by atoms with van der Waals surface area (Å²) in [5.74, 6) is -1.25.